The smallest absolute Gasteiger partial charge is 0.337 e. The van der Waals surface area contributed by atoms with Gasteiger partial charge in [0.1, 0.15) is 0 Å². The number of carbonyl (C=O) groups excluding carboxylic acids is 1. The second-order valence-electron chi connectivity index (χ2n) is 4.97. The van der Waals surface area contributed by atoms with Gasteiger partial charge in [-0.15, -0.1) is 0 Å². The van der Waals surface area contributed by atoms with Crippen molar-refractivity contribution in [3.8, 4) is 11.5 Å². The van der Waals surface area contributed by atoms with Crippen LogP contribution in [0, 0.1) is 10.1 Å². The lowest BCUT2D eigenvalue weighted by Gasteiger charge is -2.02. The summed E-state index contributed by atoms with van der Waals surface area (Å²) in [4.78, 5) is 22.1. The van der Waals surface area contributed by atoms with Gasteiger partial charge < -0.3 is 14.2 Å². The monoisotopic (exact) mass is 327 g/mol. The zero-order valence-electron chi connectivity index (χ0n) is 12.7. The summed E-state index contributed by atoms with van der Waals surface area (Å²) in [6, 6.07) is 9.62. The molecule has 7 nitrogen and oxygen atoms in total. The van der Waals surface area contributed by atoms with Gasteiger partial charge in [-0.1, -0.05) is 18.2 Å². The lowest BCUT2D eigenvalue weighted by atomic mass is 10.1. The fourth-order valence-corrected chi connectivity index (χ4v) is 2.27. The summed E-state index contributed by atoms with van der Waals surface area (Å²) in [7, 11) is 1.31. The summed E-state index contributed by atoms with van der Waals surface area (Å²) >= 11 is 0. The van der Waals surface area contributed by atoms with Crippen LogP contribution in [0.15, 0.2) is 36.4 Å². The second kappa shape index (κ2) is 6.41. The molecule has 0 radical (unpaired) electrons. The van der Waals surface area contributed by atoms with E-state index in [1.807, 2.05) is 0 Å². The average molecular weight is 327 g/mol. The molecule has 3 rings (SSSR count). The third-order valence-electron chi connectivity index (χ3n) is 3.51. The molecule has 0 aliphatic carbocycles. The van der Waals surface area contributed by atoms with Crippen molar-refractivity contribution in [3.05, 3.63) is 63.2 Å². The van der Waals surface area contributed by atoms with Gasteiger partial charge in [-0.3, -0.25) is 10.1 Å². The standard InChI is InChI=1S/C17H13NO6/c1-22-17(19)12-5-2-11(3-6-12)4-7-13-8-15-16(24-10-23-15)9-14(13)18(20)21/h2-9H,10H2,1H3. The summed E-state index contributed by atoms with van der Waals surface area (Å²) in [6.45, 7) is 0.0502. The molecule has 0 unspecified atom stereocenters. The molecule has 2 aromatic carbocycles. The van der Waals surface area contributed by atoms with Crippen molar-refractivity contribution in [1.29, 1.82) is 0 Å². The van der Waals surface area contributed by atoms with Crippen LogP contribution in [0.1, 0.15) is 21.5 Å². The lowest BCUT2D eigenvalue weighted by molar-refractivity contribution is -0.385. The van der Waals surface area contributed by atoms with Crippen LogP contribution in [0.25, 0.3) is 12.2 Å². The number of carbonyl (C=O) groups is 1. The van der Waals surface area contributed by atoms with E-state index in [-0.39, 0.29) is 12.5 Å². The highest BCUT2D eigenvalue weighted by Gasteiger charge is 2.21. The molecule has 0 fully saturated rings. The molecule has 0 aromatic heterocycles. The van der Waals surface area contributed by atoms with E-state index in [2.05, 4.69) is 4.74 Å². The SMILES string of the molecule is COC(=O)c1ccc(C=Cc2cc3c(cc2[N+](=O)[O-])OCO3)cc1. The molecule has 24 heavy (non-hydrogen) atoms. The molecule has 2 aromatic rings. The van der Waals surface area contributed by atoms with E-state index in [1.54, 1.807) is 42.5 Å². The predicted molar refractivity (Wildman–Crippen MR) is 85.9 cm³/mol. The van der Waals surface area contributed by atoms with Crippen molar-refractivity contribution < 1.29 is 23.9 Å². The third-order valence-corrected chi connectivity index (χ3v) is 3.51. The fraction of sp³-hybridized carbons (Fsp3) is 0.118. The minimum atomic E-state index is -0.470. The summed E-state index contributed by atoms with van der Waals surface area (Å²) < 4.78 is 15.0. The van der Waals surface area contributed by atoms with Gasteiger partial charge in [0.15, 0.2) is 11.5 Å². The van der Waals surface area contributed by atoms with Crippen molar-refractivity contribution in [2.75, 3.05) is 13.9 Å². The van der Waals surface area contributed by atoms with E-state index in [4.69, 9.17) is 9.47 Å². The molecule has 122 valence electrons. The quantitative estimate of drug-likeness (QED) is 0.370. The third kappa shape index (κ3) is 3.05. The van der Waals surface area contributed by atoms with Crippen LogP contribution in [0.2, 0.25) is 0 Å². The number of methoxy groups -OCH3 is 1. The summed E-state index contributed by atoms with van der Waals surface area (Å²) in [5, 5.41) is 11.2. The molecule has 0 amide bonds. The van der Waals surface area contributed by atoms with E-state index in [1.165, 1.54) is 13.2 Å². The summed E-state index contributed by atoms with van der Waals surface area (Å²) in [6.07, 6.45) is 3.33. The van der Waals surface area contributed by atoms with Crippen LogP contribution >= 0.6 is 0 Å². The number of fused-ring (bicyclic) bond motifs is 1. The molecule has 1 aliphatic rings. The van der Waals surface area contributed by atoms with E-state index in [9.17, 15) is 14.9 Å². The highest BCUT2D eigenvalue weighted by atomic mass is 16.7. The van der Waals surface area contributed by atoms with Gasteiger partial charge in [0, 0.05) is 0 Å². The molecule has 0 N–H and O–H groups in total. The molecule has 1 aliphatic heterocycles. The Morgan fingerprint density at radius 3 is 2.46 bits per heavy atom. The first-order valence-electron chi connectivity index (χ1n) is 7.03. The maximum Gasteiger partial charge on any atom is 0.337 e. The van der Waals surface area contributed by atoms with E-state index in [0.717, 1.165) is 5.56 Å². The number of ether oxygens (including phenoxy) is 3. The van der Waals surface area contributed by atoms with Gasteiger partial charge in [0.2, 0.25) is 6.79 Å². The molecule has 0 spiro atoms. The Kier molecular flexibility index (Phi) is 4.15. The zero-order valence-corrected chi connectivity index (χ0v) is 12.7. The number of benzene rings is 2. The number of hydrogen-bond donors (Lipinski definition) is 0. The normalized spacial score (nSPS) is 12.4. The first-order chi connectivity index (χ1) is 11.6. The van der Waals surface area contributed by atoms with E-state index < -0.39 is 10.9 Å². The van der Waals surface area contributed by atoms with Crippen LogP contribution in [-0.4, -0.2) is 24.8 Å². The number of esters is 1. The highest BCUT2D eigenvalue weighted by Crippen LogP contribution is 2.38. The lowest BCUT2D eigenvalue weighted by Crippen LogP contribution is -2.00. The van der Waals surface area contributed by atoms with Crippen LogP contribution in [0.3, 0.4) is 0 Å². The Balaban J connectivity index is 1.89. The van der Waals surface area contributed by atoms with E-state index in [0.29, 0.717) is 22.6 Å². The molecule has 7 heteroatoms. The van der Waals surface area contributed by atoms with Gasteiger partial charge in [-0.25, -0.2) is 4.79 Å². The van der Waals surface area contributed by atoms with Crippen LogP contribution in [-0.2, 0) is 4.74 Å². The Morgan fingerprint density at radius 2 is 1.83 bits per heavy atom. The van der Waals surface area contributed by atoms with Gasteiger partial charge >= 0.3 is 5.97 Å². The van der Waals surface area contributed by atoms with E-state index >= 15 is 0 Å². The number of nitro benzene ring substituents is 1. The number of hydrogen-bond acceptors (Lipinski definition) is 6. The molecule has 0 bridgehead atoms. The van der Waals surface area contributed by atoms with Crippen molar-refractivity contribution >= 4 is 23.8 Å². The Morgan fingerprint density at radius 1 is 1.17 bits per heavy atom. The first kappa shape index (κ1) is 15.5. The molecule has 0 saturated heterocycles. The molecule has 1 heterocycles. The van der Waals surface area contributed by atoms with Gasteiger partial charge in [-0.2, -0.15) is 0 Å². The topological polar surface area (TPSA) is 87.9 Å². The predicted octanol–water partition coefficient (Wildman–Crippen LogP) is 3.28. The maximum absolute atomic E-state index is 11.4. The van der Waals surface area contributed by atoms with Gasteiger partial charge in [0.05, 0.1) is 29.2 Å². The van der Waals surface area contributed by atoms with Gasteiger partial charge in [0.25, 0.3) is 5.69 Å². The minimum Gasteiger partial charge on any atom is -0.465 e. The minimum absolute atomic E-state index is 0.0502. The Hall–Kier alpha value is -3.35. The Labute approximate surface area is 137 Å². The first-order valence-corrected chi connectivity index (χ1v) is 7.03. The molecular formula is C17H13NO6. The van der Waals surface area contributed by atoms with Crippen molar-refractivity contribution in [3.63, 3.8) is 0 Å². The number of nitrogens with zero attached hydrogens (tertiary/aromatic N) is 1. The van der Waals surface area contributed by atoms with Crippen molar-refractivity contribution in [2.24, 2.45) is 0 Å². The summed E-state index contributed by atoms with van der Waals surface area (Å²) in [5.74, 6) is 0.416. The molecule has 0 atom stereocenters. The van der Waals surface area contributed by atoms with Gasteiger partial charge in [-0.05, 0) is 29.8 Å². The fourth-order valence-electron chi connectivity index (χ4n) is 2.27. The Bertz CT molecular complexity index is 826. The van der Waals surface area contributed by atoms with Crippen LogP contribution < -0.4 is 9.47 Å². The summed E-state index contributed by atoms with van der Waals surface area (Å²) in [5.41, 5.74) is 1.56. The van der Waals surface area contributed by atoms with Crippen LogP contribution in [0.4, 0.5) is 5.69 Å². The largest absolute Gasteiger partial charge is 0.465 e. The van der Waals surface area contributed by atoms with Crippen molar-refractivity contribution in [2.45, 2.75) is 0 Å². The molecular weight excluding hydrogens is 314 g/mol. The number of rotatable bonds is 4. The second-order valence-corrected chi connectivity index (χ2v) is 4.97. The average Bonchev–Trinajstić information content (AvgIpc) is 3.06. The maximum atomic E-state index is 11.4. The van der Waals surface area contributed by atoms with Crippen molar-refractivity contribution in [1.82, 2.24) is 0 Å². The highest BCUT2D eigenvalue weighted by molar-refractivity contribution is 5.89. The number of nitro groups is 1. The molecule has 0 saturated carbocycles. The van der Waals surface area contributed by atoms with Crippen LogP contribution in [0.5, 0.6) is 11.5 Å². The zero-order chi connectivity index (χ0) is 17.1.